The van der Waals surface area contributed by atoms with E-state index in [0.717, 1.165) is 33.1 Å². The van der Waals surface area contributed by atoms with Gasteiger partial charge in [0.2, 0.25) is 0 Å². The van der Waals surface area contributed by atoms with Crippen LogP contribution in [0, 0.1) is 6.92 Å². The fraction of sp³-hybridized carbons (Fsp3) is 0.588. The number of fused-ring (bicyclic) bond motifs is 1. The zero-order valence-electron chi connectivity index (χ0n) is 15.9. The lowest BCUT2D eigenvalue weighted by atomic mass is 10.2. The summed E-state index contributed by atoms with van der Waals surface area (Å²) >= 11 is 1.21. The van der Waals surface area contributed by atoms with Crippen molar-refractivity contribution in [1.29, 1.82) is 0 Å². The Morgan fingerprint density at radius 1 is 1.25 bits per heavy atom. The molecule has 3 rings (SSSR count). The molecule has 0 aromatic carbocycles. The van der Waals surface area contributed by atoms with Crippen LogP contribution < -0.4 is 16.6 Å². The fourth-order valence-electron chi connectivity index (χ4n) is 3.37. The van der Waals surface area contributed by atoms with Gasteiger partial charge in [0.05, 0.1) is 18.4 Å². The molecule has 0 saturated carbocycles. The van der Waals surface area contributed by atoms with Crippen LogP contribution in [-0.4, -0.2) is 46.3 Å². The summed E-state index contributed by atoms with van der Waals surface area (Å²) in [6.07, 6.45) is -5.51. The first-order chi connectivity index (χ1) is 13.2. The van der Waals surface area contributed by atoms with E-state index in [1.165, 1.54) is 11.3 Å². The Kier molecular flexibility index (Phi) is 5.55. The van der Waals surface area contributed by atoms with Crippen LogP contribution in [0.15, 0.2) is 14.6 Å². The second-order valence-corrected chi connectivity index (χ2v) is 7.66. The van der Waals surface area contributed by atoms with E-state index in [4.69, 9.17) is 0 Å². The third-order valence-corrected chi connectivity index (χ3v) is 6.14. The quantitative estimate of drug-likeness (QED) is 0.807. The van der Waals surface area contributed by atoms with Crippen molar-refractivity contribution in [2.45, 2.75) is 46.1 Å². The number of guanidine groups is 1. The zero-order valence-corrected chi connectivity index (χ0v) is 16.7. The summed E-state index contributed by atoms with van der Waals surface area (Å²) in [4.78, 5) is 32.8. The second-order valence-electron chi connectivity index (χ2n) is 6.57. The third-order valence-electron chi connectivity index (χ3n) is 4.84. The van der Waals surface area contributed by atoms with Crippen LogP contribution in [0.1, 0.15) is 23.8 Å². The maximum absolute atomic E-state index is 12.8. The lowest BCUT2D eigenvalue weighted by Crippen LogP contribution is -2.39. The summed E-state index contributed by atoms with van der Waals surface area (Å²) in [5.74, 6) is 0.734. The maximum atomic E-state index is 12.8. The van der Waals surface area contributed by atoms with E-state index in [2.05, 4.69) is 10.3 Å². The molecule has 0 radical (unpaired) electrons. The van der Waals surface area contributed by atoms with E-state index in [1.807, 2.05) is 4.90 Å². The molecule has 28 heavy (non-hydrogen) atoms. The number of nitrogens with one attached hydrogen (secondary N) is 1. The van der Waals surface area contributed by atoms with Crippen LogP contribution in [0.5, 0.6) is 0 Å². The Hall–Kier alpha value is -2.30. The molecule has 0 atom stereocenters. The zero-order chi connectivity index (χ0) is 20.6. The predicted molar refractivity (Wildman–Crippen MR) is 103 cm³/mol. The molecular formula is C17H22F3N5O2S. The average Bonchev–Trinajstić information content (AvgIpc) is 3.19. The molecule has 0 unspecified atom stereocenters. The van der Waals surface area contributed by atoms with Crippen molar-refractivity contribution in [3.8, 4) is 0 Å². The maximum Gasteiger partial charge on any atom is 0.390 e. The Bertz CT molecular complexity index is 1030. The van der Waals surface area contributed by atoms with Gasteiger partial charge in [-0.05, 0) is 19.4 Å². The van der Waals surface area contributed by atoms with E-state index in [0.29, 0.717) is 22.3 Å². The summed E-state index contributed by atoms with van der Waals surface area (Å²) in [5.41, 5.74) is -0.444. The fourth-order valence-corrected chi connectivity index (χ4v) is 4.71. The summed E-state index contributed by atoms with van der Waals surface area (Å²) < 4.78 is 40.4. The summed E-state index contributed by atoms with van der Waals surface area (Å²) in [6.45, 7) is 4.96. The van der Waals surface area contributed by atoms with Gasteiger partial charge in [0.25, 0.3) is 5.56 Å². The molecule has 1 N–H and O–H groups in total. The number of thiophene rings is 1. The van der Waals surface area contributed by atoms with Crippen molar-refractivity contribution < 1.29 is 13.2 Å². The highest BCUT2D eigenvalue weighted by molar-refractivity contribution is 7.18. The van der Waals surface area contributed by atoms with Crippen molar-refractivity contribution >= 4 is 27.5 Å². The van der Waals surface area contributed by atoms with Gasteiger partial charge >= 0.3 is 11.9 Å². The molecule has 0 amide bonds. The minimum absolute atomic E-state index is 0.104. The molecule has 1 aliphatic rings. The molecular weight excluding hydrogens is 395 g/mol. The Labute approximate surface area is 163 Å². The molecule has 154 valence electrons. The van der Waals surface area contributed by atoms with Gasteiger partial charge in [-0.25, -0.2) is 4.79 Å². The van der Waals surface area contributed by atoms with Gasteiger partial charge in [0, 0.05) is 38.1 Å². The molecule has 11 heteroatoms. The lowest BCUT2D eigenvalue weighted by Gasteiger charge is -2.16. The van der Waals surface area contributed by atoms with Gasteiger partial charge in [-0.1, -0.05) is 0 Å². The molecule has 0 bridgehead atoms. The van der Waals surface area contributed by atoms with Gasteiger partial charge in [-0.15, -0.1) is 11.3 Å². The topological polar surface area (TPSA) is 71.6 Å². The van der Waals surface area contributed by atoms with Crippen LogP contribution in [0.3, 0.4) is 0 Å². The van der Waals surface area contributed by atoms with E-state index < -0.39 is 30.4 Å². The molecule has 3 heterocycles. The van der Waals surface area contributed by atoms with Crippen molar-refractivity contribution in [2.75, 3.05) is 20.1 Å². The lowest BCUT2D eigenvalue weighted by molar-refractivity contribution is -0.136. The van der Waals surface area contributed by atoms with Gasteiger partial charge < -0.3 is 10.2 Å². The van der Waals surface area contributed by atoms with Gasteiger partial charge in [-0.3, -0.25) is 18.9 Å². The SMILES string of the molecule is CCn1c(=O)c2c(C)c(CN3CCN/C3=N\C)sc2n(CCC(F)(F)F)c1=O. The van der Waals surface area contributed by atoms with E-state index in [9.17, 15) is 22.8 Å². The van der Waals surface area contributed by atoms with Crippen LogP contribution >= 0.6 is 11.3 Å². The van der Waals surface area contributed by atoms with Gasteiger partial charge in [0.1, 0.15) is 4.83 Å². The second kappa shape index (κ2) is 7.61. The number of aryl methyl sites for hydroxylation is 2. The van der Waals surface area contributed by atoms with E-state index in [1.54, 1.807) is 20.9 Å². The number of hydrogen-bond donors (Lipinski definition) is 1. The monoisotopic (exact) mass is 417 g/mol. The average molecular weight is 417 g/mol. The highest BCUT2D eigenvalue weighted by atomic mass is 32.1. The van der Waals surface area contributed by atoms with Crippen LogP contribution in [0.25, 0.3) is 10.2 Å². The minimum Gasteiger partial charge on any atom is -0.354 e. The number of halogens is 3. The number of hydrogen-bond acceptors (Lipinski definition) is 4. The van der Waals surface area contributed by atoms with Crippen molar-refractivity contribution in [3.05, 3.63) is 31.3 Å². The van der Waals surface area contributed by atoms with Crippen molar-refractivity contribution in [2.24, 2.45) is 4.99 Å². The molecule has 2 aromatic heterocycles. The molecule has 7 nitrogen and oxygen atoms in total. The van der Waals surface area contributed by atoms with Crippen molar-refractivity contribution in [3.63, 3.8) is 0 Å². The molecule has 2 aromatic rings. The number of alkyl halides is 3. The standard InChI is InChI=1S/C17H22F3N5O2S/c1-4-24-13(26)12-10(2)11(9-23-8-6-22-15(23)21-3)28-14(12)25(16(24)27)7-5-17(18,19)20/h4-9H2,1-3H3,(H,21,22). The first kappa shape index (κ1) is 20.4. The first-order valence-electron chi connectivity index (χ1n) is 8.95. The highest BCUT2D eigenvalue weighted by Crippen LogP contribution is 2.30. The Morgan fingerprint density at radius 3 is 2.57 bits per heavy atom. The number of aromatic nitrogens is 2. The van der Waals surface area contributed by atoms with E-state index in [-0.39, 0.29) is 6.54 Å². The molecule has 1 saturated heterocycles. The van der Waals surface area contributed by atoms with Gasteiger partial charge in [0.15, 0.2) is 5.96 Å². The minimum atomic E-state index is -4.39. The molecule has 0 spiro atoms. The van der Waals surface area contributed by atoms with Crippen LogP contribution in [0.2, 0.25) is 0 Å². The van der Waals surface area contributed by atoms with Crippen molar-refractivity contribution in [1.82, 2.24) is 19.4 Å². The van der Waals surface area contributed by atoms with Crippen LogP contribution in [-0.2, 0) is 19.6 Å². The Balaban J connectivity index is 2.14. The smallest absolute Gasteiger partial charge is 0.354 e. The molecule has 0 aliphatic carbocycles. The van der Waals surface area contributed by atoms with E-state index >= 15 is 0 Å². The predicted octanol–water partition coefficient (Wildman–Crippen LogP) is 1.90. The normalized spacial score (nSPS) is 16.4. The summed E-state index contributed by atoms with van der Waals surface area (Å²) in [5, 5.41) is 3.48. The highest BCUT2D eigenvalue weighted by Gasteiger charge is 2.29. The first-order valence-corrected chi connectivity index (χ1v) is 9.77. The van der Waals surface area contributed by atoms with Crippen LogP contribution in [0.4, 0.5) is 13.2 Å². The number of aliphatic imine (C=N–C) groups is 1. The summed E-state index contributed by atoms with van der Waals surface area (Å²) in [6, 6.07) is 0. The number of nitrogens with zero attached hydrogens (tertiary/aromatic N) is 4. The molecule has 1 aliphatic heterocycles. The largest absolute Gasteiger partial charge is 0.390 e. The summed E-state index contributed by atoms with van der Waals surface area (Å²) in [7, 11) is 1.67. The van der Waals surface area contributed by atoms with Gasteiger partial charge in [-0.2, -0.15) is 13.2 Å². The third kappa shape index (κ3) is 3.67. The number of rotatable bonds is 5. The Morgan fingerprint density at radius 2 is 1.96 bits per heavy atom. The molecule has 1 fully saturated rings.